The van der Waals surface area contributed by atoms with Crippen LogP contribution in [0.4, 0.5) is 5.82 Å². The number of carbonyl (C=O) groups excluding carboxylic acids is 2. The van der Waals surface area contributed by atoms with Crippen LogP contribution in [0.5, 0.6) is 0 Å². The second kappa shape index (κ2) is 12.5. The largest absolute Gasteiger partial charge is 0.501 e. The summed E-state index contributed by atoms with van der Waals surface area (Å²) in [4.78, 5) is 34.3. The van der Waals surface area contributed by atoms with Gasteiger partial charge < -0.3 is 20.4 Å². The van der Waals surface area contributed by atoms with Gasteiger partial charge in [-0.25, -0.2) is 4.98 Å². The van der Waals surface area contributed by atoms with Gasteiger partial charge >= 0.3 is 0 Å². The number of piperazine rings is 1. The summed E-state index contributed by atoms with van der Waals surface area (Å²) >= 11 is 7.28. The first-order chi connectivity index (χ1) is 16.4. The van der Waals surface area contributed by atoms with E-state index in [9.17, 15) is 9.59 Å². The number of hydrogen-bond donors (Lipinski definition) is 2. The first-order valence-corrected chi connectivity index (χ1v) is 12.2. The van der Waals surface area contributed by atoms with E-state index in [2.05, 4.69) is 10.3 Å². The van der Waals surface area contributed by atoms with Crippen LogP contribution < -0.4 is 5.32 Å². The van der Waals surface area contributed by atoms with E-state index in [1.807, 2.05) is 34.1 Å². The van der Waals surface area contributed by atoms with Crippen LogP contribution >= 0.6 is 23.4 Å². The highest BCUT2D eigenvalue weighted by molar-refractivity contribution is 8.00. The standard InChI is InChI=1S/C24H28ClN5O3S/c1-17(33-2)13-19(26)16-34-21-6-4-3-5-20(21)24(32)30-11-9-29(10-12-30)15-23(31)28-22-8-7-18(25)14-27-22/h3-8,13-14,26H,9-12,15-16H2,1-2H3,(H,27,28,31)/b17-13-,26-19?. The summed E-state index contributed by atoms with van der Waals surface area (Å²) in [5.74, 6) is 1.38. The van der Waals surface area contributed by atoms with Crippen LogP contribution in [0, 0.1) is 5.41 Å². The van der Waals surface area contributed by atoms with E-state index in [0.717, 1.165) is 4.90 Å². The van der Waals surface area contributed by atoms with Gasteiger partial charge in [0.25, 0.3) is 5.91 Å². The molecule has 0 atom stereocenters. The Hall–Kier alpha value is -2.88. The molecule has 10 heteroatoms. The van der Waals surface area contributed by atoms with Crippen LogP contribution in [0.2, 0.25) is 5.02 Å². The fraction of sp³-hybridized carbons (Fsp3) is 0.333. The maximum Gasteiger partial charge on any atom is 0.255 e. The predicted octanol–water partition coefficient (Wildman–Crippen LogP) is 3.79. The Labute approximate surface area is 208 Å². The zero-order valence-electron chi connectivity index (χ0n) is 19.2. The van der Waals surface area contributed by atoms with Gasteiger partial charge in [-0.3, -0.25) is 14.5 Å². The van der Waals surface area contributed by atoms with Crippen molar-refractivity contribution in [2.75, 3.05) is 50.9 Å². The molecule has 0 spiro atoms. The van der Waals surface area contributed by atoms with Gasteiger partial charge in [0.05, 0.1) is 30.0 Å². The Morgan fingerprint density at radius 1 is 1.21 bits per heavy atom. The molecule has 2 amide bonds. The summed E-state index contributed by atoms with van der Waals surface area (Å²) in [6, 6.07) is 10.8. The number of hydrogen-bond acceptors (Lipinski definition) is 7. The van der Waals surface area contributed by atoms with Crippen molar-refractivity contribution in [3.63, 3.8) is 0 Å². The highest BCUT2D eigenvalue weighted by Gasteiger charge is 2.25. The minimum atomic E-state index is -0.156. The average molecular weight is 502 g/mol. The lowest BCUT2D eigenvalue weighted by Crippen LogP contribution is -2.50. The van der Waals surface area contributed by atoms with Gasteiger partial charge in [0.1, 0.15) is 5.82 Å². The molecule has 1 fully saturated rings. The number of allylic oxidation sites excluding steroid dienone is 2. The van der Waals surface area contributed by atoms with Crippen LogP contribution in [0.25, 0.3) is 0 Å². The van der Waals surface area contributed by atoms with Crippen LogP contribution in [0.15, 0.2) is 59.3 Å². The summed E-state index contributed by atoms with van der Waals surface area (Å²) in [5, 5.41) is 11.4. The highest BCUT2D eigenvalue weighted by Crippen LogP contribution is 2.25. The van der Waals surface area contributed by atoms with E-state index < -0.39 is 0 Å². The van der Waals surface area contributed by atoms with Crippen molar-refractivity contribution in [3.8, 4) is 0 Å². The number of pyridine rings is 1. The normalized spacial score (nSPS) is 14.6. The number of ether oxygens (including phenoxy) is 1. The van der Waals surface area contributed by atoms with Crippen LogP contribution in [0.1, 0.15) is 17.3 Å². The first-order valence-electron chi connectivity index (χ1n) is 10.8. The summed E-state index contributed by atoms with van der Waals surface area (Å²) in [6.07, 6.45) is 3.16. The van der Waals surface area contributed by atoms with Crippen LogP contribution in [-0.4, -0.2) is 77.9 Å². The van der Waals surface area contributed by atoms with Crippen molar-refractivity contribution in [2.45, 2.75) is 11.8 Å². The summed E-state index contributed by atoms with van der Waals surface area (Å²) < 4.78 is 5.09. The number of amides is 2. The van der Waals surface area contributed by atoms with E-state index >= 15 is 0 Å². The van der Waals surface area contributed by atoms with Crippen LogP contribution in [0.3, 0.4) is 0 Å². The third kappa shape index (κ3) is 7.58. The molecule has 0 saturated carbocycles. The minimum Gasteiger partial charge on any atom is -0.501 e. The molecule has 2 N–H and O–H groups in total. The average Bonchev–Trinajstić information content (AvgIpc) is 2.84. The number of carbonyl (C=O) groups is 2. The molecule has 180 valence electrons. The molecule has 1 aliphatic rings. The summed E-state index contributed by atoms with van der Waals surface area (Å²) in [6.45, 7) is 4.32. The number of rotatable bonds is 9. The Morgan fingerprint density at radius 2 is 1.94 bits per heavy atom. The number of methoxy groups -OCH3 is 1. The predicted molar refractivity (Wildman–Crippen MR) is 136 cm³/mol. The summed E-state index contributed by atoms with van der Waals surface area (Å²) in [5.41, 5.74) is 1.06. The van der Waals surface area contributed by atoms with Crippen molar-refractivity contribution in [3.05, 3.63) is 65.0 Å². The molecule has 0 aliphatic carbocycles. The van der Waals surface area contributed by atoms with E-state index in [0.29, 0.717) is 59.8 Å². The van der Waals surface area contributed by atoms with Gasteiger partial charge in [0.15, 0.2) is 0 Å². The molecule has 1 aromatic carbocycles. The number of halogens is 1. The fourth-order valence-corrected chi connectivity index (χ4v) is 4.38. The lowest BCUT2D eigenvalue weighted by molar-refractivity contribution is -0.117. The number of thioether (sulfide) groups is 1. The Morgan fingerprint density at radius 3 is 2.62 bits per heavy atom. The van der Waals surface area contributed by atoms with E-state index in [4.69, 9.17) is 21.7 Å². The quantitative estimate of drug-likeness (QED) is 0.308. The molecule has 8 nitrogen and oxygen atoms in total. The second-order valence-corrected chi connectivity index (χ2v) is 9.20. The monoisotopic (exact) mass is 501 g/mol. The minimum absolute atomic E-state index is 0.0345. The number of aromatic nitrogens is 1. The Balaban J connectivity index is 1.51. The number of nitrogens with zero attached hydrogens (tertiary/aromatic N) is 3. The zero-order chi connectivity index (χ0) is 24.5. The molecular formula is C24H28ClN5O3S. The Kier molecular flexibility index (Phi) is 9.50. The van der Waals surface area contributed by atoms with Crippen molar-refractivity contribution in [2.24, 2.45) is 0 Å². The molecular weight excluding hydrogens is 474 g/mol. The molecule has 2 heterocycles. The molecule has 34 heavy (non-hydrogen) atoms. The number of nitrogens with one attached hydrogen (secondary N) is 2. The lowest BCUT2D eigenvalue weighted by atomic mass is 10.2. The van der Waals surface area contributed by atoms with E-state index in [1.54, 1.807) is 32.2 Å². The zero-order valence-corrected chi connectivity index (χ0v) is 20.8. The van der Waals surface area contributed by atoms with E-state index in [1.165, 1.54) is 18.0 Å². The summed E-state index contributed by atoms with van der Waals surface area (Å²) in [7, 11) is 1.57. The molecule has 1 aliphatic heterocycles. The van der Waals surface area contributed by atoms with Crippen molar-refractivity contribution in [1.82, 2.24) is 14.8 Å². The molecule has 1 saturated heterocycles. The van der Waals surface area contributed by atoms with Gasteiger partial charge in [-0.1, -0.05) is 23.7 Å². The van der Waals surface area contributed by atoms with Gasteiger partial charge in [0, 0.05) is 48.7 Å². The van der Waals surface area contributed by atoms with E-state index in [-0.39, 0.29) is 18.4 Å². The number of benzene rings is 1. The van der Waals surface area contributed by atoms with Crippen molar-refractivity contribution < 1.29 is 14.3 Å². The molecule has 3 rings (SSSR count). The topological polar surface area (TPSA) is 98.6 Å². The highest BCUT2D eigenvalue weighted by atomic mass is 35.5. The smallest absolute Gasteiger partial charge is 0.255 e. The maximum atomic E-state index is 13.2. The molecule has 0 unspecified atom stereocenters. The van der Waals surface area contributed by atoms with Gasteiger partial charge in [-0.2, -0.15) is 0 Å². The second-order valence-electron chi connectivity index (χ2n) is 7.75. The maximum absolute atomic E-state index is 13.2. The SMILES string of the molecule is CO/C(C)=C\C(=N)CSc1ccccc1C(=O)N1CCN(CC(=O)Nc2ccc(Cl)cn2)CC1. The first kappa shape index (κ1) is 25.7. The van der Waals surface area contributed by atoms with Gasteiger partial charge in [0.2, 0.25) is 5.91 Å². The molecule has 0 radical (unpaired) electrons. The molecule has 2 aromatic rings. The molecule has 0 bridgehead atoms. The third-order valence-electron chi connectivity index (χ3n) is 5.22. The number of anilines is 1. The third-order valence-corrected chi connectivity index (χ3v) is 6.57. The fourth-order valence-electron chi connectivity index (χ4n) is 3.39. The van der Waals surface area contributed by atoms with Gasteiger partial charge in [-0.05, 0) is 37.3 Å². The van der Waals surface area contributed by atoms with Gasteiger partial charge in [-0.15, -0.1) is 11.8 Å². The van der Waals surface area contributed by atoms with Crippen LogP contribution in [-0.2, 0) is 9.53 Å². The molecule has 1 aromatic heterocycles. The Bertz CT molecular complexity index is 1050. The van der Waals surface area contributed by atoms with Crippen molar-refractivity contribution in [1.29, 1.82) is 5.41 Å². The van der Waals surface area contributed by atoms with Crippen molar-refractivity contribution >= 4 is 46.7 Å². The lowest BCUT2D eigenvalue weighted by Gasteiger charge is -2.34.